The van der Waals surface area contributed by atoms with Crippen molar-refractivity contribution in [3.63, 3.8) is 0 Å². The third-order valence-corrected chi connectivity index (χ3v) is 3.42. The van der Waals surface area contributed by atoms with Crippen LogP contribution in [0.4, 0.5) is 4.79 Å². The molecule has 1 unspecified atom stereocenters. The molecule has 0 aliphatic rings. The molecule has 19 heavy (non-hydrogen) atoms. The number of primary amides is 1. The first-order valence-corrected chi connectivity index (χ1v) is 6.66. The summed E-state index contributed by atoms with van der Waals surface area (Å²) in [5.41, 5.74) is 4.19. The Morgan fingerprint density at radius 2 is 2.05 bits per heavy atom. The van der Waals surface area contributed by atoms with E-state index in [9.17, 15) is 4.79 Å². The molecule has 1 atom stereocenters. The number of carbonyl (C=O) groups excluding carboxylic acids is 1. The normalized spacial score (nSPS) is 15.3. The highest BCUT2D eigenvalue weighted by atomic mass is 16.6. The molecule has 0 radical (unpaired) electrons. The summed E-state index contributed by atoms with van der Waals surface area (Å²) in [6, 6.07) is 0. The van der Waals surface area contributed by atoms with Crippen LogP contribution in [0, 0.1) is 11.3 Å². The van der Waals surface area contributed by atoms with Gasteiger partial charge in [0.2, 0.25) is 0 Å². The van der Waals surface area contributed by atoms with E-state index in [-0.39, 0.29) is 5.41 Å². The number of nitrogens with two attached hydrogens (primary N) is 1. The fraction of sp³-hybridized carbons (Fsp3) is 0.714. The van der Waals surface area contributed by atoms with Crippen molar-refractivity contribution in [2.24, 2.45) is 17.1 Å². The van der Waals surface area contributed by atoms with Crippen molar-refractivity contribution in [1.82, 2.24) is 9.55 Å². The highest BCUT2D eigenvalue weighted by molar-refractivity contribution is 5.65. The van der Waals surface area contributed by atoms with Gasteiger partial charge < -0.3 is 10.5 Å². The first-order valence-electron chi connectivity index (χ1n) is 6.66. The van der Waals surface area contributed by atoms with Gasteiger partial charge in [0.25, 0.3) is 0 Å². The van der Waals surface area contributed by atoms with Crippen LogP contribution in [0.15, 0.2) is 18.7 Å². The van der Waals surface area contributed by atoms with E-state index >= 15 is 0 Å². The van der Waals surface area contributed by atoms with Crippen LogP contribution >= 0.6 is 0 Å². The molecule has 1 heterocycles. The highest BCUT2D eigenvalue weighted by Crippen LogP contribution is 2.42. The number of ether oxygens (including phenoxy) is 1. The van der Waals surface area contributed by atoms with Crippen LogP contribution in [0.2, 0.25) is 0 Å². The Balaban J connectivity index is 3.21. The molecule has 1 aromatic rings. The molecule has 0 aliphatic carbocycles. The fourth-order valence-corrected chi connectivity index (χ4v) is 2.27. The van der Waals surface area contributed by atoms with Crippen molar-refractivity contribution in [3.05, 3.63) is 18.7 Å². The molecular weight excluding hydrogens is 242 g/mol. The smallest absolute Gasteiger partial charge is 0.406 e. The molecular formula is C14H25N3O2. The van der Waals surface area contributed by atoms with E-state index < -0.39 is 11.8 Å². The SMILES string of the molecule is CC(C)CCC(OC(N)=O)(n1ccnc1)C(C)(C)C. The zero-order valence-electron chi connectivity index (χ0n) is 12.5. The van der Waals surface area contributed by atoms with Gasteiger partial charge in [0.1, 0.15) is 0 Å². The third kappa shape index (κ3) is 3.49. The molecule has 1 amide bonds. The number of imidazole rings is 1. The van der Waals surface area contributed by atoms with Crippen molar-refractivity contribution in [2.75, 3.05) is 0 Å². The zero-order valence-corrected chi connectivity index (χ0v) is 12.5. The fourth-order valence-electron chi connectivity index (χ4n) is 2.27. The predicted octanol–water partition coefficient (Wildman–Crippen LogP) is 3.11. The molecule has 108 valence electrons. The van der Waals surface area contributed by atoms with Gasteiger partial charge in [-0.05, 0) is 12.3 Å². The predicted molar refractivity (Wildman–Crippen MR) is 74.4 cm³/mol. The summed E-state index contributed by atoms with van der Waals surface area (Å²) >= 11 is 0. The summed E-state index contributed by atoms with van der Waals surface area (Å²) in [5, 5.41) is 0. The maximum absolute atomic E-state index is 11.4. The summed E-state index contributed by atoms with van der Waals surface area (Å²) < 4.78 is 7.41. The van der Waals surface area contributed by atoms with Crippen LogP contribution in [0.3, 0.4) is 0 Å². The Hall–Kier alpha value is -1.52. The molecule has 0 spiro atoms. The molecule has 1 aromatic heterocycles. The quantitative estimate of drug-likeness (QED) is 0.891. The first kappa shape index (κ1) is 15.5. The Bertz CT molecular complexity index is 407. The Labute approximate surface area is 115 Å². The van der Waals surface area contributed by atoms with Gasteiger partial charge in [-0.25, -0.2) is 9.78 Å². The van der Waals surface area contributed by atoms with Gasteiger partial charge in [0.15, 0.2) is 5.72 Å². The molecule has 0 saturated carbocycles. The summed E-state index contributed by atoms with van der Waals surface area (Å²) in [6.07, 6.45) is 6.05. The number of amides is 1. The zero-order chi connectivity index (χ0) is 14.7. The molecule has 0 saturated heterocycles. The van der Waals surface area contributed by atoms with Crippen LogP contribution in [-0.2, 0) is 10.5 Å². The van der Waals surface area contributed by atoms with Crippen molar-refractivity contribution in [1.29, 1.82) is 0 Å². The second kappa shape index (κ2) is 5.63. The largest absolute Gasteiger partial charge is 0.422 e. The van der Waals surface area contributed by atoms with Gasteiger partial charge in [0, 0.05) is 24.2 Å². The van der Waals surface area contributed by atoms with Crippen molar-refractivity contribution in [2.45, 2.75) is 53.2 Å². The molecule has 1 rings (SSSR count). The Morgan fingerprint density at radius 1 is 1.42 bits per heavy atom. The van der Waals surface area contributed by atoms with Gasteiger partial charge in [-0.1, -0.05) is 34.6 Å². The second-order valence-corrected chi connectivity index (χ2v) is 6.36. The topological polar surface area (TPSA) is 70.1 Å². The van der Waals surface area contributed by atoms with Crippen molar-refractivity contribution in [3.8, 4) is 0 Å². The van der Waals surface area contributed by atoms with Gasteiger partial charge >= 0.3 is 6.09 Å². The van der Waals surface area contributed by atoms with Crippen LogP contribution in [-0.4, -0.2) is 15.6 Å². The molecule has 2 N–H and O–H groups in total. The minimum absolute atomic E-state index is 0.294. The molecule has 5 nitrogen and oxygen atoms in total. The minimum atomic E-state index is -0.806. The number of nitrogens with zero attached hydrogens (tertiary/aromatic N) is 2. The van der Waals surface area contributed by atoms with E-state index in [1.807, 2.05) is 31.5 Å². The molecule has 0 aromatic carbocycles. The van der Waals surface area contributed by atoms with Gasteiger partial charge in [-0.2, -0.15) is 0 Å². The van der Waals surface area contributed by atoms with Crippen LogP contribution in [0.25, 0.3) is 0 Å². The van der Waals surface area contributed by atoms with Gasteiger partial charge in [-0.3, -0.25) is 4.57 Å². The number of carbonyl (C=O) groups is 1. The average molecular weight is 267 g/mol. The van der Waals surface area contributed by atoms with Crippen molar-refractivity contribution >= 4 is 6.09 Å². The van der Waals surface area contributed by atoms with Crippen LogP contribution in [0.1, 0.15) is 47.5 Å². The second-order valence-electron chi connectivity index (χ2n) is 6.36. The third-order valence-electron chi connectivity index (χ3n) is 3.42. The summed E-state index contributed by atoms with van der Waals surface area (Å²) in [7, 11) is 0. The lowest BCUT2D eigenvalue weighted by Crippen LogP contribution is -2.50. The lowest BCUT2D eigenvalue weighted by atomic mass is 9.78. The van der Waals surface area contributed by atoms with Gasteiger partial charge in [0.05, 0.1) is 6.33 Å². The average Bonchev–Trinajstić information content (AvgIpc) is 2.75. The van der Waals surface area contributed by atoms with E-state index in [0.29, 0.717) is 12.3 Å². The summed E-state index contributed by atoms with van der Waals surface area (Å²) in [6.45, 7) is 10.4. The summed E-state index contributed by atoms with van der Waals surface area (Å²) in [5.74, 6) is 0.515. The standard InChI is InChI=1S/C14H25N3O2/c1-11(2)6-7-14(13(3,4)5,19-12(15)18)17-9-8-16-10-17/h8-11H,6-7H2,1-5H3,(H2,15,18). The number of aromatic nitrogens is 2. The lowest BCUT2D eigenvalue weighted by molar-refractivity contribution is -0.138. The number of hydrogen-bond donors (Lipinski definition) is 1. The maximum atomic E-state index is 11.4. The van der Waals surface area contributed by atoms with Gasteiger partial charge in [-0.15, -0.1) is 0 Å². The number of rotatable bonds is 5. The van der Waals surface area contributed by atoms with Crippen LogP contribution in [0.5, 0.6) is 0 Å². The Morgan fingerprint density at radius 3 is 2.42 bits per heavy atom. The van der Waals surface area contributed by atoms with Crippen LogP contribution < -0.4 is 5.73 Å². The van der Waals surface area contributed by atoms with Crippen molar-refractivity contribution < 1.29 is 9.53 Å². The lowest BCUT2D eigenvalue weighted by Gasteiger charge is -2.44. The minimum Gasteiger partial charge on any atom is -0.422 e. The Kier molecular flexibility index (Phi) is 4.61. The summed E-state index contributed by atoms with van der Waals surface area (Å²) in [4.78, 5) is 15.4. The van der Waals surface area contributed by atoms with E-state index in [1.54, 1.807) is 12.5 Å². The van der Waals surface area contributed by atoms with E-state index in [4.69, 9.17) is 10.5 Å². The molecule has 0 aliphatic heterocycles. The molecule has 0 fully saturated rings. The van der Waals surface area contributed by atoms with E-state index in [1.165, 1.54) is 0 Å². The van der Waals surface area contributed by atoms with E-state index in [0.717, 1.165) is 6.42 Å². The monoisotopic (exact) mass is 267 g/mol. The molecule has 5 heteroatoms. The molecule has 0 bridgehead atoms. The van der Waals surface area contributed by atoms with E-state index in [2.05, 4.69) is 18.8 Å². The number of hydrogen-bond acceptors (Lipinski definition) is 3. The maximum Gasteiger partial charge on any atom is 0.406 e. The first-order chi connectivity index (χ1) is 8.69. The highest BCUT2D eigenvalue weighted by Gasteiger charge is 2.46.